The fourth-order valence-electron chi connectivity index (χ4n) is 4.59. The van der Waals surface area contributed by atoms with Gasteiger partial charge in [0.2, 0.25) is 0 Å². The summed E-state index contributed by atoms with van der Waals surface area (Å²) in [6, 6.07) is 15.4. The Morgan fingerprint density at radius 2 is 1.94 bits per heavy atom. The molecule has 2 aromatic carbocycles. The van der Waals surface area contributed by atoms with E-state index in [4.69, 9.17) is 19.2 Å². The largest absolute Gasteiger partial charge is 0.497 e. The van der Waals surface area contributed by atoms with Crippen LogP contribution in [0.1, 0.15) is 18.5 Å². The molecule has 0 aliphatic carbocycles. The zero-order valence-corrected chi connectivity index (χ0v) is 21.7. The molecule has 0 N–H and O–H groups in total. The van der Waals surface area contributed by atoms with Crippen molar-refractivity contribution in [1.29, 1.82) is 0 Å². The fourth-order valence-corrected chi connectivity index (χ4v) is 5.51. The molecule has 1 aliphatic rings. The molecule has 1 unspecified atom stereocenters. The van der Waals surface area contributed by atoms with Crippen LogP contribution in [0, 0.1) is 6.92 Å². The van der Waals surface area contributed by atoms with Gasteiger partial charge in [0.05, 0.1) is 43.9 Å². The van der Waals surface area contributed by atoms with E-state index in [0.29, 0.717) is 18.0 Å². The van der Waals surface area contributed by atoms with E-state index < -0.39 is 0 Å². The third kappa shape index (κ3) is 4.40. The lowest BCUT2D eigenvalue weighted by Gasteiger charge is -2.16. The molecule has 0 amide bonds. The lowest BCUT2D eigenvalue weighted by atomic mass is 10.1. The van der Waals surface area contributed by atoms with Crippen LogP contribution in [0.5, 0.6) is 11.5 Å². The quantitative estimate of drug-likeness (QED) is 0.372. The minimum absolute atomic E-state index is 0.0967. The molecule has 0 radical (unpaired) electrons. The first-order chi connectivity index (χ1) is 17.5. The summed E-state index contributed by atoms with van der Waals surface area (Å²) in [6.07, 6.45) is 2.13. The summed E-state index contributed by atoms with van der Waals surface area (Å²) in [7, 11) is 5.17. The van der Waals surface area contributed by atoms with Crippen molar-refractivity contribution in [2.75, 3.05) is 20.8 Å². The highest BCUT2D eigenvalue weighted by Gasteiger charge is 2.22. The van der Waals surface area contributed by atoms with Crippen LogP contribution in [0.25, 0.3) is 16.9 Å². The molecule has 1 atom stereocenters. The van der Waals surface area contributed by atoms with E-state index in [2.05, 4.69) is 9.95 Å². The molecule has 0 saturated carbocycles. The predicted molar refractivity (Wildman–Crippen MR) is 141 cm³/mol. The summed E-state index contributed by atoms with van der Waals surface area (Å²) in [5, 5.41) is 2.06. The molecule has 5 rings (SSSR count). The van der Waals surface area contributed by atoms with Gasteiger partial charge in [0.15, 0.2) is 10.5 Å². The number of aromatic nitrogens is 3. The third-order valence-electron chi connectivity index (χ3n) is 6.62. The Hall–Kier alpha value is -3.56. The molecule has 0 spiro atoms. The van der Waals surface area contributed by atoms with Crippen molar-refractivity contribution in [1.82, 2.24) is 13.9 Å². The number of hydrogen-bond acceptors (Lipinski definition) is 6. The van der Waals surface area contributed by atoms with E-state index in [0.717, 1.165) is 52.6 Å². The van der Waals surface area contributed by atoms with Crippen LogP contribution in [0.4, 0.5) is 5.69 Å². The van der Waals surface area contributed by atoms with Crippen LogP contribution in [0.2, 0.25) is 0 Å². The SMILES string of the molecule is COc1ccc(-c2csc(=Nc3c(C)n(C)n(-c4ccccc4)c3=O)n2CC2CCCO2)c(OC)c1. The first kappa shape index (κ1) is 24.1. The van der Waals surface area contributed by atoms with Gasteiger partial charge >= 0.3 is 0 Å². The Morgan fingerprint density at radius 1 is 1.14 bits per heavy atom. The van der Waals surface area contributed by atoms with Crippen LogP contribution in [0.15, 0.2) is 63.7 Å². The molecule has 36 heavy (non-hydrogen) atoms. The van der Waals surface area contributed by atoms with Crippen LogP contribution in [-0.2, 0) is 18.3 Å². The number of rotatable bonds is 7. The maximum atomic E-state index is 13.5. The van der Waals surface area contributed by atoms with Gasteiger partial charge in [0.1, 0.15) is 11.5 Å². The van der Waals surface area contributed by atoms with E-state index in [1.165, 1.54) is 11.3 Å². The molecule has 1 fully saturated rings. The number of thiazole rings is 1. The van der Waals surface area contributed by atoms with E-state index in [1.807, 2.05) is 67.2 Å². The Kier molecular flexibility index (Phi) is 6.84. The number of benzene rings is 2. The maximum absolute atomic E-state index is 13.5. The predicted octanol–water partition coefficient (Wildman–Crippen LogP) is 4.44. The topological polar surface area (TPSA) is 71.9 Å². The van der Waals surface area contributed by atoms with Crippen molar-refractivity contribution >= 4 is 17.0 Å². The summed E-state index contributed by atoms with van der Waals surface area (Å²) >= 11 is 1.50. The van der Waals surface area contributed by atoms with Crippen molar-refractivity contribution in [3.05, 3.63) is 74.8 Å². The number of ether oxygens (including phenoxy) is 3. The monoisotopic (exact) mass is 506 g/mol. The van der Waals surface area contributed by atoms with Crippen molar-refractivity contribution in [3.63, 3.8) is 0 Å². The lowest BCUT2D eigenvalue weighted by Crippen LogP contribution is -2.24. The Bertz CT molecular complexity index is 1490. The minimum Gasteiger partial charge on any atom is -0.497 e. The number of hydrogen-bond donors (Lipinski definition) is 0. The third-order valence-corrected chi connectivity index (χ3v) is 7.49. The number of para-hydroxylation sites is 1. The van der Waals surface area contributed by atoms with Crippen LogP contribution < -0.4 is 19.8 Å². The van der Waals surface area contributed by atoms with E-state index in [-0.39, 0.29) is 11.7 Å². The maximum Gasteiger partial charge on any atom is 0.297 e. The zero-order valence-electron chi connectivity index (χ0n) is 20.9. The van der Waals surface area contributed by atoms with Gasteiger partial charge in [-0.15, -0.1) is 11.3 Å². The number of nitrogens with zero attached hydrogens (tertiary/aromatic N) is 4. The normalized spacial score (nSPS) is 16.0. The summed E-state index contributed by atoms with van der Waals surface area (Å²) in [6.45, 7) is 3.33. The van der Waals surface area contributed by atoms with Crippen LogP contribution >= 0.6 is 11.3 Å². The van der Waals surface area contributed by atoms with Gasteiger partial charge in [-0.2, -0.15) is 0 Å². The highest BCUT2D eigenvalue weighted by Crippen LogP contribution is 2.34. The summed E-state index contributed by atoms with van der Waals surface area (Å²) < 4.78 is 22.7. The molecular weight excluding hydrogens is 476 g/mol. The molecule has 3 heterocycles. The second-order valence-electron chi connectivity index (χ2n) is 8.74. The summed E-state index contributed by atoms with van der Waals surface area (Å²) in [4.78, 5) is 19.2. The fraction of sp³-hybridized carbons (Fsp3) is 0.333. The summed E-state index contributed by atoms with van der Waals surface area (Å²) in [5.41, 5.74) is 3.77. The first-order valence-electron chi connectivity index (χ1n) is 11.9. The van der Waals surface area contributed by atoms with E-state index >= 15 is 0 Å². The molecule has 188 valence electrons. The van der Waals surface area contributed by atoms with Crippen molar-refractivity contribution in [2.45, 2.75) is 32.4 Å². The molecule has 4 aromatic rings. The highest BCUT2D eigenvalue weighted by molar-refractivity contribution is 7.07. The highest BCUT2D eigenvalue weighted by atomic mass is 32.1. The summed E-state index contributed by atoms with van der Waals surface area (Å²) in [5.74, 6) is 1.44. The van der Waals surface area contributed by atoms with Gasteiger partial charge in [-0.3, -0.25) is 9.48 Å². The van der Waals surface area contributed by atoms with Gasteiger partial charge in [-0.25, -0.2) is 9.67 Å². The van der Waals surface area contributed by atoms with Gasteiger partial charge in [0, 0.05) is 30.7 Å². The zero-order chi connectivity index (χ0) is 25.2. The smallest absolute Gasteiger partial charge is 0.297 e. The van der Waals surface area contributed by atoms with Crippen LogP contribution in [0.3, 0.4) is 0 Å². The molecule has 2 aromatic heterocycles. The first-order valence-corrected chi connectivity index (χ1v) is 12.8. The molecule has 1 saturated heterocycles. The molecule has 9 heteroatoms. The van der Waals surface area contributed by atoms with E-state index in [9.17, 15) is 4.79 Å². The molecular formula is C27H30N4O4S. The molecule has 1 aliphatic heterocycles. The van der Waals surface area contributed by atoms with Crippen molar-refractivity contribution in [3.8, 4) is 28.4 Å². The van der Waals surface area contributed by atoms with Crippen LogP contribution in [-0.4, -0.2) is 40.9 Å². The van der Waals surface area contributed by atoms with E-state index in [1.54, 1.807) is 18.9 Å². The van der Waals surface area contributed by atoms with Gasteiger partial charge in [0.25, 0.3) is 5.56 Å². The second-order valence-corrected chi connectivity index (χ2v) is 9.57. The number of methoxy groups -OCH3 is 2. The Morgan fingerprint density at radius 3 is 2.64 bits per heavy atom. The molecule has 0 bridgehead atoms. The minimum atomic E-state index is -0.151. The average molecular weight is 507 g/mol. The average Bonchev–Trinajstić information content (AvgIpc) is 3.61. The standard InChI is InChI=1S/C27H30N4O4S/c1-18-25(26(32)31(29(18)2)19-9-6-5-7-10-19)28-27-30(16-21-11-8-14-35-21)23(17-36-27)22-13-12-20(33-3)15-24(22)34-4/h5-7,9-10,12-13,15,17,21H,8,11,14,16H2,1-4H3. The Labute approximate surface area is 213 Å². The van der Waals surface area contributed by atoms with Crippen molar-refractivity contribution < 1.29 is 14.2 Å². The Balaban J connectivity index is 1.68. The lowest BCUT2D eigenvalue weighted by molar-refractivity contribution is 0.0968. The van der Waals surface area contributed by atoms with Gasteiger partial charge in [-0.05, 0) is 44.0 Å². The van der Waals surface area contributed by atoms with Gasteiger partial charge < -0.3 is 18.8 Å². The second kappa shape index (κ2) is 10.2. The van der Waals surface area contributed by atoms with Gasteiger partial charge in [-0.1, -0.05) is 18.2 Å². The molecule has 8 nitrogen and oxygen atoms in total. The van der Waals surface area contributed by atoms with Crippen molar-refractivity contribution in [2.24, 2.45) is 12.0 Å².